The lowest BCUT2D eigenvalue weighted by Gasteiger charge is -2.11. The van der Waals surface area contributed by atoms with Gasteiger partial charge in [-0.2, -0.15) is 13.2 Å². The molecule has 0 aliphatic rings. The Morgan fingerprint density at radius 2 is 1.67 bits per heavy atom. The van der Waals surface area contributed by atoms with Crippen LogP contribution in [0.5, 0.6) is 5.75 Å². The van der Waals surface area contributed by atoms with Crippen molar-refractivity contribution in [2.24, 2.45) is 0 Å². The van der Waals surface area contributed by atoms with E-state index in [1.807, 2.05) is 0 Å². The third-order valence-corrected chi connectivity index (χ3v) is 4.95. The van der Waals surface area contributed by atoms with Gasteiger partial charge in [-0.15, -0.1) is 0 Å². The third-order valence-electron chi connectivity index (χ3n) is 3.03. The SMILES string of the molecule is O=S(=O)(NCc1ccc(C(F)(F)F)cc1)c1cc(Cl)cc(Cl)c1O. The van der Waals surface area contributed by atoms with Crippen molar-refractivity contribution in [2.75, 3.05) is 0 Å². The van der Waals surface area contributed by atoms with Crippen LogP contribution in [0.25, 0.3) is 0 Å². The Labute approximate surface area is 145 Å². The van der Waals surface area contributed by atoms with Gasteiger partial charge in [0.25, 0.3) is 0 Å². The molecule has 0 amide bonds. The molecule has 2 aromatic rings. The van der Waals surface area contributed by atoms with Gasteiger partial charge in [0.05, 0.1) is 10.6 Å². The Balaban J connectivity index is 2.19. The number of aromatic hydroxyl groups is 1. The number of rotatable bonds is 4. The first-order valence-corrected chi connectivity index (χ1v) is 8.58. The first kappa shape index (κ1) is 18.9. The summed E-state index contributed by atoms with van der Waals surface area (Å²) < 4.78 is 64.0. The Kier molecular flexibility index (Phi) is 5.34. The summed E-state index contributed by atoms with van der Waals surface area (Å²) in [5, 5.41) is 9.51. The zero-order valence-corrected chi connectivity index (χ0v) is 14.1. The number of phenolic OH excluding ortho intramolecular Hbond substituents is 1. The first-order valence-electron chi connectivity index (χ1n) is 6.34. The van der Waals surface area contributed by atoms with Crippen LogP contribution in [0.1, 0.15) is 11.1 Å². The smallest absolute Gasteiger partial charge is 0.416 e. The molecule has 130 valence electrons. The van der Waals surface area contributed by atoms with Crippen LogP contribution in [-0.2, 0) is 22.7 Å². The van der Waals surface area contributed by atoms with E-state index in [0.29, 0.717) is 5.56 Å². The van der Waals surface area contributed by atoms with E-state index >= 15 is 0 Å². The summed E-state index contributed by atoms with van der Waals surface area (Å²) in [5.74, 6) is -0.666. The molecule has 0 spiro atoms. The third kappa shape index (κ3) is 4.32. The molecule has 0 bridgehead atoms. The van der Waals surface area contributed by atoms with Gasteiger partial charge in [0, 0.05) is 11.6 Å². The summed E-state index contributed by atoms with van der Waals surface area (Å²) >= 11 is 11.4. The van der Waals surface area contributed by atoms with Crippen LogP contribution in [0, 0.1) is 0 Å². The molecular weight excluding hydrogens is 390 g/mol. The monoisotopic (exact) mass is 399 g/mol. The minimum atomic E-state index is -4.47. The number of benzene rings is 2. The fourth-order valence-corrected chi connectivity index (χ4v) is 3.59. The summed E-state index contributed by atoms with van der Waals surface area (Å²) in [6.07, 6.45) is -4.47. The Morgan fingerprint density at radius 3 is 2.21 bits per heavy atom. The van der Waals surface area contributed by atoms with Gasteiger partial charge < -0.3 is 5.11 Å². The molecule has 2 aromatic carbocycles. The molecule has 2 rings (SSSR count). The fourth-order valence-electron chi connectivity index (χ4n) is 1.81. The van der Waals surface area contributed by atoms with Crippen LogP contribution in [-0.4, -0.2) is 13.5 Å². The molecular formula is C14H10Cl2F3NO3S. The normalized spacial score (nSPS) is 12.4. The number of nitrogens with one attached hydrogen (secondary N) is 1. The summed E-state index contributed by atoms with van der Waals surface area (Å²) in [5.41, 5.74) is -0.535. The second-order valence-electron chi connectivity index (χ2n) is 4.75. The minimum Gasteiger partial charge on any atom is -0.505 e. The van der Waals surface area contributed by atoms with E-state index in [4.69, 9.17) is 23.2 Å². The van der Waals surface area contributed by atoms with Crippen LogP contribution in [0.15, 0.2) is 41.3 Å². The largest absolute Gasteiger partial charge is 0.505 e. The Hall–Kier alpha value is -1.48. The maximum atomic E-state index is 12.5. The van der Waals surface area contributed by atoms with Gasteiger partial charge in [-0.3, -0.25) is 0 Å². The van der Waals surface area contributed by atoms with Crippen molar-refractivity contribution >= 4 is 33.2 Å². The van der Waals surface area contributed by atoms with Crippen molar-refractivity contribution in [3.63, 3.8) is 0 Å². The summed E-state index contributed by atoms with van der Waals surface area (Å²) in [6, 6.07) is 6.17. The highest BCUT2D eigenvalue weighted by Gasteiger charge is 2.30. The average molecular weight is 400 g/mol. The maximum Gasteiger partial charge on any atom is 0.416 e. The predicted molar refractivity (Wildman–Crippen MR) is 83.6 cm³/mol. The van der Waals surface area contributed by atoms with Gasteiger partial charge >= 0.3 is 6.18 Å². The van der Waals surface area contributed by atoms with Gasteiger partial charge in [-0.05, 0) is 29.8 Å². The Morgan fingerprint density at radius 1 is 1.08 bits per heavy atom. The summed E-state index contributed by atoms with van der Waals surface area (Å²) in [4.78, 5) is -0.521. The van der Waals surface area contributed by atoms with Crippen molar-refractivity contribution in [3.8, 4) is 5.75 Å². The van der Waals surface area contributed by atoms with Gasteiger partial charge in [0.15, 0.2) is 5.75 Å². The molecule has 0 heterocycles. The number of hydrogen-bond donors (Lipinski definition) is 2. The van der Waals surface area contributed by atoms with E-state index in [-0.39, 0.29) is 16.6 Å². The van der Waals surface area contributed by atoms with Crippen LogP contribution < -0.4 is 4.72 Å². The van der Waals surface area contributed by atoms with E-state index in [1.54, 1.807) is 0 Å². The maximum absolute atomic E-state index is 12.5. The van der Waals surface area contributed by atoms with E-state index in [9.17, 15) is 26.7 Å². The number of sulfonamides is 1. The molecule has 0 saturated heterocycles. The molecule has 2 N–H and O–H groups in total. The number of hydrogen-bond acceptors (Lipinski definition) is 3. The lowest BCUT2D eigenvalue weighted by atomic mass is 10.1. The number of alkyl halides is 3. The zero-order valence-electron chi connectivity index (χ0n) is 11.7. The molecule has 0 aliphatic carbocycles. The van der Waals surface area contributed by atoms with E-state index in [0.717, 1.165) is 30.3 Å². The molecule has 0 atom stereocenters. The van der Waals surface area contributed by atoms with E-state index < -0.39 is 32.4 Å². The van der Waals surface area contributed by atoms with E-state index in [1.165, 1.54) is 6.07 Å². The highest BCUT2D eigenvalue weighted by atomic mass is 35.5. The first-order chi connectivity index (χ1) is 11.0. The zero-order chi connectivity index (χ0) is 18.1. The van der Waals surface area contributed by atoms with Crippen molar-refractivity contribution in [3.05, 3.63) is 57.6 Å². The van der Waals surface area contributed by atoms with Crippen LogP contribution >= 0.6 is 23.2 Å². The summed E-state index contributed by atoms with van der Waals surface area (Å²) in [7, 11) is -4.16. The molecule has 0 fully saturated rings. The molecule has 24 heavy (non-hydrogen) atoms. The van der Waals surface area contributed by atoms with Gasteiger partial charge in [0.2, 0.25) is 10.0 Å². The quantitative estimate of drug-likeness (QED) is 0.809. The topological polar surface area (TPSA) is 66.4 Å². The lowest BCUT2D eigenvalue weighted by Crippen LogP contribution is -2.23. The van der Waals surface area contributed by atoms with Gasteiger partial charge in [-0.1, -0.05) is 35.3 Å². The summed E-state index contributed by atoms with van der Waals surface area (Å²) in [6.45, 7) is -0.274. The second kappa shape index (κ2) is 6.79. The highest BCUT2D eigenvalue weighted by Crippen LogP contribution is 2.34. The molecule has 0 radical (unpaired) electrons. The molecule has 0 aliphatic heterocycles. The molecule has 10 heteroatoms. The van der Waals surface area contributed by atoms with E-state index in [2.05, 4.69) is 4.72 Å². The van der Waals surface area contributed by atoms with Crippen LogP contribution in [0.2, 0.25) is 10.0 Å². The average Bonchev–Trinajstić information content (AvgIpc) is 2.48. The van der Waals surface area contributed by atoms with Crippen LogP contribution in [0.4, 0.5) is 13.2 Å². The second-order valence-corrected chi connectivity index (χ2v) is 7.33. The molecule has 4 nitrogen and oxygen atoms in total. The fraction of sp³-hybridized carbons (Fsp3) is 0.143. The molecule has 0 unspecified atom stereocenters. The Bertz CT molecular complexity index is 853. The van der Waals surface area contributed by atoms with Crippen LogP contribution in [0.3, 0.4) is 0 Å². The van der Waals surface area contributed by atoms with Crippen molar-refractivity contribution in [1.29, 1.82) is 0 Å². The highest BCUT2D eigenvalue weighted by molar-refractivity contribution is 7.89. The minimum absolute atomic E-state index is 0.00713. The van der Waals surface area contributed by atoms with Crippen molar-refractivity contribution in [1.82, 2.24) is 4.72 Å². The standard InChI is InChI=1S/C14H10Cl2F3NO3S/c15-10-5-11(16)13(21)12(6-10)24(22,23)20-7-8-1-3-9(4-2-8)14(17,18)19/h1-6,20-21H,7H2. The lowest BCUT2D eigenvalue weighted by molar-refractivity contribution is -0.137. The number of halogens is 5. The van der Waals surface area contributed by atoms with Gasteiger partial charge in [0.1, 0.15) is 4.90 Å². The molecule has 0 aromatic heterocycles. The molecule has 0 saturated carbocycles. The predicted octanol–water partition coefficient (Wildman–Crippen LogP) is 4.20. The van der Waals surface area contributed by atoms with Gasteiger partial charge in [-0.25, -0.2) is 13.1 Å². The van der Waals surface area contributed by atoms with Crippen molar-refractivity contribution in [2.45, 2.75) is 17.6 Å². The number of phenols is 1. The van der Waals surface area contributed by atoms with Crippen molar-refractivity contribution < 1.29 is 26.7 Å².